The maximum absolute atomic E-state index is 12.6. The third-order valence-corrected chi connectivity index (χ3v) is 5.36. The molecular formula is C21H17N7OS. The van der Waals surface area contributed by atoms with E-state index in [9.17, 15) is 4.79 Å². The fraction of sp³-hybridized carbons (Fsp3) is 0.0952. The van der Waals surface area contributed by atoms with Gasteiger partial charge in [0.2, 0.25) is 0 Å². The number of hydrogen-bond donors (Lipinski definition) is 2. The second-order valence-electron chi connectivity index (χ2n) is 6.94. The van der Waals surface area contributed by atoms with Crippen LogP contribution in [0, 0.1) is 0 Å². The molecule has 0 unspecified atom stereocenters. The highest BCUT2D eigenvalue weighted by atomic mass is 32.1. The number of imidazole rings is 2. The minimum Gasteiger partial charge on any atom is -0.399 e. The van der Waals surface area contributed by atoms with E-state index in [0.717, 1.165) is 16.0 Å². The van der Waals surface area contributed by atoms with Gasteiger partial charge < -0.3 is 10.3 Å². The maximum atomic E-state index is 12.6. The highest BCUT2D eigenvalue weighted by Crippen LogP contribution is 2.24. The predicted molar refractivity (Wildman–Crippen MR) is 117 cm³/mol. The molecule has 148 valence electrons. The van der Waals surface area contributed by atoms with E-state index in [-0.39, 0.29) is 5.69 Å². The lowest BCUT2D eigenvalue weighted by atomic mass is 10.2. The second-order valence-corrected chi connectivity index (χ2v) is 7.43. The highest BCUT2D eigenvalue weighted by molar-refractivity contribution is 7.80. The first kappa shape index (κ1) is 18.3. The number of rotatable bonds is 4. The molecular weight excluding hydrogens is 398 g/mol. The molecule has 2 N–H and O–H groups in total. The van der Waals surface area contributed by atoms with E-state index < -0.39 is 0 Å². The van der Waals surface area contributed by atoms with Crippen LogP contribution in [0.4, 0.5) is 5.69 Å². The van der Waals surface area contributed by atoms with E-state index in [1.165, 1.54) is 10.9 Å². The lowest BCUT2D eigenvalue weighted by Crippen LogP contribution is -2.17. The van der Waals surface area contributed by atoms with Crippen molar-refractivity contribution >= 4 is 29.5 Å². The molecule has 2 aromatic carbocycles. The third kappa shape index (κ3) is 3.18. The molecule has 0 atom stereocenters. The molecule has 1 aromatic heterocycles. The second kappa shape index (κ2) is 7.27. The summed E-state index contributed by atoms with van der Waals surface area (Å²) in [6, 6.07) is 15.2. The van der Waals surface area contributed by atoms with Crippen molar-refractivity contribution in [2.45, 2.75) is 18.0 Å². The van der Waals surface area contributed by atoms with Crippen molar-refractivity contribution in [3.63, 3.8) is 0 Å². The number of benzene rings is 2. The van der Waals surface area contributed by atoms with Gasteiger partial charge in [-0.05, 0) is 29.3 Å². The quantitative estimate of drug-likeness (QED) is 0.345. The van der Waals surface area contributed by atoms with E-state index in [1.807, 2.05) is 47.0 Å². The number of nitrogens with zero attached hydrogens (tertiary/aromatic N) is 6. The first-order valence-corrected chi connectivity index (χ1v) is 9.72. The van der Waals surface area contributed by atoms with Gasteiger partial charge in [0, 0.05) is 10.6 Å². The van der Waals surface area contributed by atoms with Gasteiger partial charge >= 0.3 is 5.69 Å². The van der Waals surface area contributed by atoms with Crippen LogP contribution in [-0.2, 0) is 13.1 Å². The van der Waals surface area contributed by atoms with Crippen LogP contribution in [0.3, 0.4) is 0 Å². The van der Waals surface area contributed by atoms with Crippen molar-refractivity contribution < 1.29 is 0 Å². The van der Waals surface area contributed by atoms with Crippen LogP contribution < -0.4 is 11.4 Å². The van der Waals surface area contributed by atoms with Crippen molar-refractivity contribution in [2.24, 2.45) is 0 Å². The molecule has 0 amide bonds. The van der Waals surface area contributed by atoms with Gasteiger partial charge in [-0.3, -0.25) is 4.57 Å². The summed E-state index contributed by atoms with van der Waals surface area (Å²) in [6.07, 6.45) is 3.13. The summed E-state index contributed by atoms with van der Waals surface area (Å²) in [7, 11) is 0. The lowest BCUT2D eigenvalue weighted by Gasteiger charge is -2.05. The number of fused-ring (bicyclic) bond motifs is 3. The Morgan fingerprint density at radius 1 is 1.00 bits per heavy atom. The molecule has 0 bridgehead atoms. The van der Waals surface area contributed by atoms with Crippen molar-refractivity contribution in [3.8, 4) is 11.5 Å². The van der Waals surface area contributed by atoms with Gasteiger partial charge in [-0.1, -0.05) is 30.3 Å². The molecule has 5 rings (SSSR count). The molecule has 0 aliphatic carbocycles. The van der Waals surface area contributed by atoms with E-state index in [1.54, 1.807) is 12.4 Å². The van der Waals surface area contributed by atoms with Gasteiger partial charge in [0.25, 0.3) is 0 Å². The minimum absolute atomic E-state index is 0.312. The van der Waals surface area contributed by atoms with Crippen LogP contribution in [0.25, 0.3) is 22.7 Å². The van der Waals surface area contributed by atoms with Gasteiger partial charge in [0.1, 0.15) is 17.5 Å². The largest absolute Gasteiger partial charge is 0.399 e. The standard InChI is InChI=1S/C21H17N7OS/c22-15-6-3-4-13(8-15)9-28-20-18(26-21(28)29)17-19(23-11-24-20)27(12-25-17)10-14-5-1-2-7-16(14)30/h1-8,11-12,30H,9-10,22H2. The highest BCUT2D eigenvalue weighted by Gasteiger charge is 2.21. The Bertz CT molecular complexity index is 1410. The van der Waals surface area contributed by atoms with Crippen LogP contribution in [0.5, 0.6) is 0 Å². The van der Waals surface area contributed by atoms with Gasteiger partial charge in [-0.2, -0.15) is 4.98 Å². The predicted octanol–water partition coefficient (Wildman–Crippen LogP) is 2.46. The molecule has 0 saturated heterocycles. The van der Waals surface area contributed by atoms with Crippen LogP contribution in [0.15, 0.2) is 70.9 Å². The first-order chi connectivity index (χ1) is 14.6. The minimum atomic E-state index is -0.386. The Morgan fingerprint density at radius 2 is 1.87 bits per heavy atom. The average molecular weight is 415 g/mol. The van der Waals surface area contributed by atoms with Crippen molar-refractivity contribution in [3.05, 3.63) is 82.8 Å². The van der Waals surface area contributed by atoms with Gasteiger partial charge in [-0.25, -0.2) is 19.7 Å². The van der Waals surface area contributed by atoms with Crippen LogP contribution in [0.2, 0.25) is 0 Å². The summed E-state index contributed by atoms with van der Waals surface area (Å²) < 4.78 is 3.40. The Labute approximate surface area is 176 Å². The van der Waals surface area contributed by atoms with E-state index in [0.29, 0.717) is 41.5 Å². The number of aromatic nitrogens is 6. The van der Waals surface area contributed by atoms with Crippen LogP contribution >= 0.6 is 12.6 Å². The number of anilines is 1. The lowest BCUT2D eigenvalue weighted by molar-refractivity contribution is 0.758. The third-order valence-electron chi connectivity index (χ3n) is 4.92. The molecule has 2 aliphatic rings. The molecule has 0 radical (unpaired) electrons. The monoisotopic (exact) mass is 415 g/mol. The molecule has 0 spiro atoms. The van der Waals surface area contributed by atoms with Crippen molar-refractivity contribution in [1.82, 2.24) is 29.1 Å². The molecule has 2 aliphatic heterocycles. The van der Waals surface area contributed by atoms with Crippen molar-refractivity contribution in [1.29, 1.82) is 0 Å². The number of hydrogen-bond acceptors (Lipinski definition) is 7. The zero-order chi connectivity index (χ0) is 20.7. The molecule has 3 heterocycles. The molecule has 8 nitrogen and oxygen atoms in total. The average Bonchev–Trinajstić information content (AvgIpc) is 3.19. The first-order valence-electron chi connectivity index (χ1n) is 9.28. The molecule has 0 saturated carbocycles. The number of nitrogens with two attached hydrogens (primary N) is 1. The van der Waals surface area contributed by atoms with Gasteiger partial charge in [0.15, 0.2) is 11.5 Å². The summed E-state index contributed by atoms with van der Waals surface area (Å²) in [4.78, 5) is 31.1. The number of thiol groups is 1. The Balaban J connectivity index is 1.59. The van der Waals surface area contributed by atoms with Gasteiger partial charge in [-0.15, -0.1) is 12.6 Å². The summed E-state index contributed by atoms with van der Waals surface area (Å²) in [5, 5.41) is 0. The normalized spacial score (nSPS) is 11.4. The SMILES string of the molecule is Nc1cccc(Cn2c3ncnc4c(ncn4Cc4ccccc4S)c-3nc2=O)c1. The topological polar surface area (TPSA) is 105 Å². The Kier molecular flexibility index (Phi) is 4.44. The summed E-state index contributed by atoms with van der Waals surface area (Å²) in [5.41, 5.74) is 9.59. The molecule has 9 heteroatoms. The van der Waals surface area contributed by atoms with Crippen LogP contribution in [0.1, 0.15) is 11.1 Å². The summed E-state index contributed by atoms with van der Waals surface area (Å²) in [5.74, 6) is 0.435. The summed E-state index contributed by atoms with van der Waals surface area (Å²) in [6.45, 7) is 0.857. The maximum Gasteiger partial charge on any atom is 0.350 e. The smallest absolute Gasteiger partial charge is 0.350 e. The van der Waals surface area contributed by atoms with Crippen LogP contribution in [-0.4, -0.2) is 29.1 Å². The Hall–Kier alpha value is -3.72. The molecule has 3 aromatic rings. The van der Waals surface area contributed by atoms with E-state index in [2.05, 4.69) is 32.6 Å². The zero-order valence-electron chi connectivity index (χ0n) is 15.8. The number of nitrogen functional groups attached to an aromatic ring is 1. The van der Waals surface area contributed by atoms with E-state index >= 15 is 0 Å². The molecule has 0 fully saturated rings. The Morgan fingerprint density at radius 3 is 2.70 bits per heavy atom. The van der Waals surface area contributed by atoms with Gasteiger partial charge in [0.05, 0.1) is 19.4 Å². The molecule has 30 heavy (non-hydrogen) atoms. The zero-order valence-corrected chi connectivity index (χ0v) is 16.7. The fourth-order valence-electron chi connectivity index (χ4n) is 3.49. The summed E-state index contributed by atoms with van der Waals surface area (Å²) >= 11 is 4.52. The van der Waals surface area contributed by atoms with Crippen molar-refractivity contribution in [2.75, 3.05) is 5.73 Å². The van der Waals surface area contributed by atoms with E-state index in [4.69, 9.17) is 5.73 Å². The fourth-order valence-corrected chi connectivity index (χ4v) is 3.72.